The lowest BCUT2D eigenvalue weighted by atomic mass is 9.96. The van der Waals surface area contributed by atoms with E-state index in [1.165, 1.54) is 50.9 Å². The van der Waals surface area contributed by atoms with Crippen molar-refractivity contribution in [1.29, 1.82) is 0 Å². The molecular formula is C20H33ClN2O2. The zero-order valence-corrected chi connectivity index (χ0v) is 16.6. The molecule has 0 aromatic heterocycles. The second-order valence-electron chi connectivity index (χ2n) is 7.38. The smallest absolute Gasteiger partial charge is 0.127 e. The van der Waals surface area contributed by atoms with Gasteiger partial charge in [-0.1, -0.05) is 6.07 Å². The molecule has 1 atom stereocenters. The quantitative estimate of drug-likeness (QED) is 0.758. The second-order valence-corrected chi connectivity index (χ2v) is 7.38. The summed E-state index contributed by atoms with van der Waals surface area (Å²) in [4.78, 5) is 2.69. The predicted molar refractivity (Wildman–Crippen MR) is 105 cm³/mol. The molecule has 1 heterocycles. The largest absolute Gasteiger partial charge is 0.497 e. The van der Waals surface area contributed by atoms with E-state index < -0.39 is 0 Å². The minimum absolute atomic E-state index is 0. The molecule has 4 nitrogen and oxygen atoms in total. The van der Waals surface area contributed by atoms with E-state index in [4.69, 9.17) is 9.47 Å². The standard InChI is InChI=1S/C20H32N2O2.ClH/c1-15(17-4-5-17)22(13-16-8-10-21-11-9-16)14-18-6-7-19(23-2)12-20(18)24-3;/h6-7,12,15-17,21H,4-5,8-11,13-14H2,1-3H3;1H. The number of halogens is 1. The Morgan fingerprint density at radius 3 is 2.44 bits per heavy atom. The zero-order valence-electron chi connectivity index (χ0n) is 15.8. The van der Waals surface area contributed by atoms with Crippen LogP contribution in [0.15, 0.2) is 18.2 Å². The van der Waals surface area contributed by atoms with E-state index in [1.54, 1.807) is 14.2 Å². The monoisotopic (exact) mass is 368 g/mol. The average Bonchev–Trinajstić information content (AvgIpc) is 3.46. The van der Waals surface area contributed by atoms with Crippen LogP contribution < -0.4 is 14.8 Å². The highest BCUT2D eigenvalue weighted by molar-refractivity contribution is 5.85. The van der Waals surface area contributed by atoms with Crippen molar-refractivity contribution < 1.29 is 9.47 Å². The number of hydrogen-bond acceptors (Lipinski definition) is 4. The highest BCUT2D eigenvalue weighted by Crippen LogP contribution is 2.37. The Labute approximate surface area is 158 Å². The first kappa shape index (κ1) is 20.3. The molecule has 2 fully saturated rings. The molecule has 1 aliphatic heterocycles. The van der Waals surface area contributed by atoms with Gasteiger partial charge in [0.15, 0.2) is 0 Å². The molecule has 1 saturated heterocycles. The molecule has 5 heteroatoms. The van der Waals surface area contributed by atoms with E-state index in [-0.39, 0.29) is 12.4 Å². The fourth-order valence-corrected chi connectivity index (χ4v) is 3.85. The first-order valence-corrected chi connectivity index (χ1v) is 9.37. The van der Waals surface area contributed by atoms with Gasteiger partial charge in [0.05, 0.1) is 14.2 Å². The number of piperidine rings is 1. The molecule has 142 valence electrons. The molecule has 0 radical (unpaired) electrons. The summed E-state index contributed by atoms with van der Waals surface area (Å²) in [5, 5.41) is 3.48. The van der Waals surface area contributed by atoms with Crippen molar-refractivity contribution in [3.8, 4) is 11.5 Å². The summed E-state index contributed by atoms with van der Waals surface area (Å²) in [5.41, 5.74) is 1.26. The number of nitrogens with one attached hydrogen (secondary N) is 1. The van der Waals surface area contributed by atoms with Gasteiger partial charge in [0.25, 0.3) is 0 Å². The predicted octanol–water partition coefficient (Wildman–Crippen LogP) is 3.73. The van der Waals surface area contributed by atoms with Gasteiger partial charge in [-0.05, 0) is 63.6 Å². The molecule has 1 saturated carbocycles. The highest BCUT2D eigenvalue weighted by atomic mass is 35.5. The lowest BCUT2D eigenvalue weighted by molar-refractivity contribution is 0.137. The van der Waals surface area contributed by atoms with E-state index in [9.17, 15) is 0 Å². The minimum Gasteiger partial charge on any atom is -0.497 e. The summed E-state index contributed by atoms with van der Waals surface area (Å²) >= 11 is 0. The SMILES string of the molecule is COc1ccc(CN(CC2CCNCC2)C(C)C2CC2)c(OC)c1.Cl. The summed E-state index contributed by atoms with van der Waals surface area (Å²) in [7, 11) is 3.45. The normalized spacial score (nSPS) is 19.4. The first-order valence-electron chi connectivity index (χ1n) is 9.37. The van der Waals surface area contributed by atoms with Crippen LogP contribution in [0.4, 0.5) is 0 Å². The molecule has 1 unspecified atom stereocenters. The van der Waals surface area contributed by atoms with Gasteiger partial charge in [0.2, 0.25) is 0 Å². The summed E-state index contributed by atoms with van der Waals surface area (Å²) < 4.78 is 11.0. The molecule has 3 rings (SSSR count). The molecule has 1 aliphatic carbocycles. The molecule has 0 amide bonds. The van der Waals surface area contributed by atoms with Crippen molar-refractivity contribution >= 4 is 12.4 Å². The summed E-state index contributed by atoms with van der Waals surface area (Å²) in [6, 6.07) is 6.86. The third-order valence-electron chi connectivity index (χ3n) is 5.70. The van der Waals surface area contributed by atoms with Crippen LogP contribution in [0.2, 0.25) is 0 Å². The van der Waals surface area contributed by atoms with Crippen LogP contribution in [0.25, 0.3) is 0 Å². The molecule has 1 aromatic carbocycles. The maximum Gasteiger partial charge on any atom is 0.127 e. The topological polar surface area (TPSA) is 33.7 Å². The van der Waals surface area contributed by atoms with Crippen molar-refractivity contribution in [3.05, 3.63) is 23.8 Å². The summed E-state index contributed by atoms with van der Waals surface area (Å²) in [5.74, 6) is 3.50. The van der Waals surface area contributed by atoms with E-state index >= 15 is 0 Å². The van der Waals surface area contributed by atoms with Crippen LogP contribution in [0, 0.1) is 11.8 Å². The Morgan fingerprint density at radius 2 is 1.84 bits per heavy atom. The van der Waals surface area contributed by atoms with Crippen molar-refractivity contribution in [2.75, 3.05) is 33.9 Å². The Hall–Kier alpha value is -0.970. The number of nitrogens with zero attached hydrogens (tertiary/aromatic N) is 1. The van der Waals surface area contributed by atoms with Crippen LogP contribution in [0.3, 0.4) is 0 Å². The van der Waals surface area contributed by atoms with E-state index in [0.29, 0.717) is 6.04 Å². The number of ether oxygens (including phenoxy) is 2. The molecular weight excluding hydrogens is 336 g/mol. The number of benzene rings is 1. The summed E-state index contributed by atoms with van der Waals surface area (Å²) in [6.07, 6.45) is 5.38. The van der Waals surface area contributed by atoms with Crippen LogP contribution in [-0.4, -0.2) is 44.8 Å². The fourth-order valence-electron chi connectivity index (χ4n) is 3.85. The number of methoxy groups -OCH3 is 2. The Bertz CT molecular complexity index is 530. The highest BCUT2D eigenvalue weighted by Gasteiger charge is 2.33. The molecule has 25 heavy (non-hydrogen) atoms. The molecule has 1 N–H and O–H groups in total. The minimum atomic E-state index is 0. The third-order valence-corrected chi connectivity index (χ3v) is 5.70. The second kappa shape index (κ2) is 9.65. The van der Waals surface area contributed by atoms with Crippen LogP contribution >= 0.6 is 12.4 Å². The van der Waals surface area contributed by atoms with E-state index in [0.717, 1.165) is 29.9 Å². The Balaban J connectivity index is 0.00000225. The van der Waals surface area contributed by atoms with Gasteiger partial charge in [-0.2, -0.15) is 0 Å². The lowest BCUT2D eigenvalue weighted by Crippen LogP contribution is -2.41. The molecule has 1 aromatic rings. The van der Waals surface area contributed by atoms with Gasteiger partial charge in [-0.15, -0.1) is 12.4 Å². The van der Waals surface area contributed by atoms with E-state index in [1.807, 2.05) is 12.1 Å². The van der Waals surface area contributed by atoms with Gasteiger partial charge >= 0.3 is 0 Å². The maximum absolute atomic E-state index is 5.62. The van der Waals surface area contributed by atoms with Gasteiger partial charge in [-0.3, -0.25) is 4.90 Å². The van der Waals surface area contributed by atoms with Crippen molar-refractivity contribution in [1.82, 2.24) is 10.2 Å². The van der Waals surface area contributed by atoms with Gasteiger partial charge < -0.3 is 14.8 Å². The number of hydrogen-bond donors (Lipinski definition) is 1. The van der Waals surface area contributed by atoms with Gasteiger partial charge in [0.1, 0.15) is 11.5 Å². The van der Waals surface area contributed by atoms with Gasteiger partial charge in [0, 0.05) is 30.8 Å². The van der Waals surface area contributed by atoms with Crippen molar-refractivity contribution in [2.24, 2.45) is 11.8 Å². The first-order chi connectivity index (χ1) is 11.7. The molecule has 0 spiro atoms. The maximum atomic E-state index is 5.62. The third kappa shape index (κ3) is 5.50. The van der Waals surface area contributed by atoms with Crippen LogP contribution in [0.5, 0.6) is 11.5 Å². The van der Waals surface area contributed by atoms with Crippen molar-refractivity contribution in [3.63, 3.8) is 0 Å². The zero-order chi connectivity index (χ0) is 16.9. The lowest BCUT2D eigenvalue weighted by Gasteiger charge is -2.34. The Kier molecular flexibility index (Phi) is 7.85. The number of rotatable bonds is 8. The van der Waals surface area contributed by atoms with Crippen LogP contribution in [0.1, 0.15) is 38.2 Å². The summed E-state index contributed by atoms with van der Waals surface area (Å²) in [6.45, 7) is 6.92. The van der Waals surface area contributed by atoms with Gasteiger partial charge in [-0.25, -0.2) is 0 Å². The fraction of sp³-hybridized carbons (Fsp3) is 0.700. The Morgan fingerprint density at radius 1 is 1.12 bits per heavy atom. The molecule has 2 aliphatic rings. The van der Waals surface area contributed by atoms with E-state index in [2.05, 4.69) is 23.2 Å². The van der Waals surface area contributed by atoms with Crippen LogP contribution in [-0.2, 0) is 6.54 Å². The average molecular weight is 369 g/mol. The van der Waals surface area contributed by atoms with Crippen molar-refractivity contribution in [2.45, 2.75) is 45.2 Å². The molecule has 0 bridgehead atoms.